The van der Waals surface area contributed by atoms with Crippen LogP contribution in [0.4, 0.5) is 0 Å². The minimum absolute atomic E-state index is 0.525. The van der Waals surface area contributed by atoms with Crippen LogP contribution in [-0.2, 0) is 5.41 Å². The summed E-state index contributed by atoms with van der Waals surface area (Å²) in [6.45, 7) is 9.45. The van der Waals surface area contributed by atoms with Crippen molar-refractivity contribution in [2.75, 3.05) is 13.1 Å². The Morgan fingerprint density at radius 3 is 2.71 bits per heavy atom. The lowest BCUT2D eigenvalue weighted by Gasteiger charge is -2.26. The van der Waals surface area contributed by atoms with Gasteiger partial charge in [-0.3, -0.25) is 4.90 Å². The number of hydrogen-bond acceptors (Lipinski definition) is 1. The Kier molecular flexibility index (Phi) is 2.55. The highest BCUT2D eigenvalue weighted by Gasteiger charge is 2.60. The molecule has 1 heterocycles. The number of nitrogens with zero attached hydrogens (tertiary/aromatic N) is 1. The standard InChI is InChI=1S/C16H23N/c1-4-13(3)17-10-15-9-16(15,11-17)14-7-5-12(2)6-8-14/h5-8,13,15H,4,9-11H2,1-3H3. The lowest BCUT2D eigenvalue weighted by molar-refractivity contribution is 0.223. The quantitative estimate of drug-likeness (QED) is 0.768. The molecule has 0 radical (unpaired) electrons. The van der Waals surface area contributed by atoms with Crippen molar-refractivity contribution in [3.8, 4) is 0 Å². The van der Waals surface area contributed by atoms with E-state index in [1.165, 1.54) is 31.5 Å². The first-order valence-corrected chi connectivity index (χ1v) is 6.97. The second-order valence-corrected chi connectivity index (χ2v) is 6.11. The Balaban J connectivity index is 1.79. The summed E-state index contributed by atoms with van der Waals surface area (Å²) in [5.74, 6) is 0.930. The normalized spacial score (nSPS) is 33.5. The molecular weight excluding hydrogens is 206 g/mol. The van der Waals surface area contributed by atoms with Crippen LogP contribution in [0.5, 0.6) is 0 Å². The molecule has 0 N–H and O–H groups in total. The van der Waals surface area contributed by atoms with Gasteiger partial charge in [-0.1, -0.05) is 36.8 Å². The SMILES string of the molecule is CCC(C)N1CC2CC2(c2ccc(C)cc2)C1. The monoisotopic (exact) mass is 229 g/mol. The van der Waals surface area contributed by atoms with Gasteiger partial charge in [0.05, 0.1) is 0 Å². The maximum absolute atomic E-state index is 2.69. The Bertz CT molecular complexity index is 408. The molecule has 92 valence electrons. The fourth-order valence-corrected chi connectivity index (χ4v) is 3.45. The van der Waals surface area contributed by atoms with Crippen LogP contribution in [0.3, 0.4) is 0 Å². The maximum Gasteiger partial charge on any atom is 0.0124 e. The molecule has 1 nitrogen and oxygen atoms in total. The number of hydrogen-bond donors (Lipinski definition) is 0. The van der Waals surface area contributed by atoms with Crippen molar-refractivity contribution in [2.24, 2.45) is 5.92 Å². The smallest absolute Gasteiger partial charge is 0.0124 e. The number of fused-ring (bicyclic) bond motifs is 1. The average molecular weight is 229 g/mol. The molecule has 0 aromatic heterocycles. The van der Waals surface area contributed by atoms with Crippen LogP contribution < -0.4 is 0 Å². The molecule has 3 atom stereocenters. The molecule has 3 rings (SSSR count). The average Bonchev–Trinajstić information content (AvgIpc) is 2.92. The summed E-state index contributed by atoms with van der Waals surface area (Å²) >= 11 is 0. The Morgan fingerprint density at radius 2 is 2.06 bits per heavy atom. The summed E-state index contributed by atoms with van der Waals surface area (Å²) in [5, 5.41) is 0. The first kappa shape index (κ1) is 11.3. The van der Waals surface area contributed by atoms with Gasteiger partial charge in [-0.15, -0.1) is 0 Å². The number of likely N-dealkylation sites (tertiary alicyclic amines) is 1. The van der Waals surface area contributed by atoms with Crippen LogP contribution in [-0.4, -0.2) is 24.0 Å². The highest BCUT2D eigenvalue weighted by atomic mass is 15.2. The van der Waals surface area contributed by atoms with E-state index in [-0.39, 0.29) is 0 Å². The summed E-state index contributed by atoms with van der Waals surface area (Å²) in [6.07, 6.45) is 2.69. The van der Waals surface area contributed by atoms with Gasteiger partial charge < -0.3 is 0 Å². The van der Waals surface area contributed by atoms with Gasteiger partial charge in [0.2, 0.25) is 0 Å². The molecule has 2 aliphatic rings. The second kappa shape index (κ2) is 3.84. The molecule has 2 fully saturated rings. The highest BCUT2D eigenvalue weighted by molar-refractivity contribution is 5.38. The Morgan fingerprint density at radius 1 is 1.35 bits per heavy atom. The molecule has 17 heavy (non-hydrogen) atoms. The number of rotatable bonds is 3. The fraction of sp³-hybridized carbons (Fsp3) is 0.625. The van der Waals surface area contributed by atoms with Gasteiger partial charge in [-0.2, -0.15) is 0 Å². The number of aryl methyl sites for hydroxylation is 1. The van der Waals surface area contributed by atoms with Gasteiger partial charge in [0.15, 0.2) is 0 Å². The summed E-state index contributed by atoms with van der Waals surface area (Å²) in [7, 11) is 0. The summed E-state index contributed by atoms with van der Waals surface area (Å²) in [6, 6.07) is 10.0. The van der Waals surface area contributed by atoms with Crippen LogP contribution in [0.25, 0.3) is 0 Å². The Hall–Kier alpha value is -0.820. The van der Waals surface area contributed by atoms with E-state index in [0.717, 1.165) is 12.0 Å². The fourth-order valence-electron chi connectivity index (χ4n) is 3.45. The van der Waals surface area contributed by atoms with E-state index in [1.807, 2.05) is 0 Å². The summed E-state index contributed by atoms with van der Waals surface area (Å²) < 4.78 is 0. The van der Waals surface area contributed by atoms with Crippen molar-refractivity contribution < 1.29 is 0 Å². The van der Waals surface area contributed by atoms with E-state index in [0.29, 0.717) is 5.41 Å². The molecule has 1 aromatic rings. The van der Waals surface area contributed by atoms with Gasteiger partial charge in [0, 0.05) is 24.5 Å². The van der Waals surface area contributed by atoms with Crippen LogP contribution in [0.2, 0.25) is 0 Å². The van der Waals surface area contributed by atoms with E-state index >= 15 is 0 Å². The molecule has 1 saturated heterocycles. The minimum atomic E-state index is 0.525. The van der Waals surface area contributed by atoms with Gasteiger partial charge in [-0.05, 0) is 38.2 Å². The van der Waals surface area contributed by atoms with Crippen molar-refractivity contribution in [3.05, 3.63) is 35.4 Å². The van der Waals surface area contributed by atoms with Gasteiger partial charge in [0.25, 0.3) is 0 Å². The number of benzene rings is 1. The molecule has 1 saturated carbocycles. The molecule has 1 aromatic carbocycles. The third-order valence-electron chi connectivity index (χ3n) is 5.01. The predicted molar refractivity (Wildman–Crippen MR) is 72.3 cm³/mol. The van der Waals surface area contributed by atoms with Gasteiger partial charge in [0.1, 0.15) is 0 Å². The van der Waals surface area contributed by atoms with Crippen molar-refractivity contribution in [1.29, 1.82) is 0 Å². The van der Waals surface area contributed by atoms with E-state index in [1.54, 1.807) is 5.56 Å². The van der Waals surface area contributed by atoms with Crippen LogP contribution >= 0.6 is 0 Å². The lowest BCUT2D eigenvalue weighted by atomic mass is 9.94. The zero-order valence-electron chi connectivity index (χ0n) is 11.2. The van der Waals surface area contributed by atoms with E-state index in [9.17, 15) is 0 Å². The third kappa shape index (κ3) is 1.72. The first-order valence-electron chi connectivity index (χ1n) is 6.97. The van der Waals surface area contributed by atoms with Crippen LogP contribution in [0, 0.1) is 12.8 Å². The molecule has 1 heteroatoms. The summed E-state index contributed by atoms with van der Waals surface area (Å²) in [4.78, 5) is 2.69. The van der Waals surface area contributed by atoms with Crippen molar-refractivity contribution in [2.45, 2.75) is 45.1 Å². The molecule has 1 aliphatic carbocycles. The highest BCUT2D eigenvalue weighted by Crippen LogP contribution is 2.59. The van der Waals surface area contributed by atoms with Crippen LogP contribution in [0.15, 0.2) is 24.3 Å². The minimum Gasteiger partial charge on any atom is -0.299 e. The lowest BCUT2D eigenvalue weighted by Crippen LogP contribution is -2.34. The van der Waals surface area contributed by atoms with E-state index in [4.69, 9.17) is 0 Å². The molecule has 0 bridgehead atoms. The zero-order valence-corrected chi connectivity index (χ0v) is 11.2. The molecule has 3 unspecified atom stereocenters. The van der Waals surface area contributed by atoms with Crippen LogP contribution in [0.1, 0.15) is 37.8 Å². The van der Waals surface area contributed by atoms with Gasteiger partial charge in [-0.25, -0.2) is 0 Å². The zero-order chi connectivity index (χ0) is 12.0. The van der Waals surface area contributed by atoms with E-state index in [2.05, 4.69) is 49.9 Å². The second-order valence-electron chi connectivity index (χ2n) is 6.11. The molecule has 0 spiro atoms. The predicted octanol–water partition coefficient (Wildman–Crippen LogP) is 3.37. The first-order chi connectivity index (χ1) is 8.15. The van der Waals surface area contributed by atoms with Crippen molar-refractivity contribution >= 4 is 0 Å². The van der Waals surface area contributed by atoms with Crippen molar-refractivity contribution in [1.82, 2.24) is 4.90 Å². The molecular formula is C16H23N. The maximum atomic E-state index is 2.69. The number of piperidine rings is 1. The summed E-state index contributed by atoms with van der Waals surface area (Å²) in [5.41, 5.74) is 3.48. The molecule has 0 amide bonds. The topological polar surface area (TPSA) is 3.24 Å². The van der Waals surface area contributed by atoms with E-state index < -0.39 is 0 Å². The van der Waals surface area contributed by atoms with Crippen molar-refractivity contribution in [3.63, 3.8) is 0 Å². The third-order valence-corrected chi connectivity index (χ3v) is 5.01. The van der Waals surface area contributed by atoms with Gasteiger partial charge >= 0.3 is 0 Å². The largest absolute Gasteiger partial charge is 0.299 e. The Labute approximate surface area is 105 Å². The molecule has 1 aliphatic heterocycles.